The summed E-state index contributed by atoms with van der Waals surface area (Å²) in [6.45, 7) is 4.29. The van der Waals surface area contributed by atoms with Gasteiger partial charge >= 0.3 is 0 Å². The Balaban J connectivity index is 1.94. The zero-order valence-electron chi connectivity index (χ0n) is 7.79. The molecule has 1 aromatic rings. The minimum atomic E-state index is -0.0377. The van der Waals surface area contributed by atoms with E-state index in [1.165, 1.54) is 6.20 Å². The predicted molar refractivity (Wildman–Crippen MR) is 48.2 cm³/mol. The Morgan fingerprint density at radius 3 is 2.92 bits per heavy atom. The molecule has 4 heteroatoms. The summed E-state index contributed by atoms with van der Waals surface area (Å²) in [5.41, 5.74) is 0.877. The Kier molecular flexibility index (Phi) is 1.65. The van der Waals surface area contributed by atoms with Crippen LogP contribution in [0.25, 0.3) is 0 Å². The second kappa shape index (κ2) is 2.58. The summed E-state index contributed by atoms with van der Waals surface area (Å²) < 4.78 is 0. The van der Waals surface area contributed by atoms with Gasteiger partial charge in [-0.25, -0.2) is 0 Å². The van der Waals surface area contributed by atoms with Gasteiger partial charge in [0.1, 0.15) is 0 Å². The fourth-order valence-electron chi connectivity index (χ4n) is 1.33. The fraction of sp³-hybridized carbons (Fsp3) is 0.556. The van der Waals surface area contributed by atoms with E-state index < -0.39 is 0 Å². The number of aromatic amines is 1. The molecule has 1 heterocycles. The van der Waals surface area contributed by atoms with Crippen LogP contribution >= 0.6 is 0 Å². The van der Waals surface area contributed by atoms with Gasteiger partial charge in [-0.3, -0.25) is 9.89 Å². The van der Waals surface area contributed by atoms with Crippen molar-refractivity contribution in [2.24, 2.45) is 5.41 Å². The lowest BCUT2D eigenvalue weighted by Gasteiger charge is -2.04. The van der Waals surface area contributed by atoms with Crippen LogP contribution in [0.1, 0.15) is 30.6 Å². The van der Waals surface area contributed by atoms with Crippen LogP contribution in [-0.4, -0.2) is 22.1 Å². The second-order valence-corrected chi connectivity index (χ2v) is 4.21. The zero-order chi connectivity index (χ0) is 9.47. The van der Waals surface area contributed by atoms with E-state index in [-0.39, 0.29) is 11.3 Å². The van der Waals surface area contributed by atoms with Crippen molar-refractivity contribution in [3.8, 4) is 0 Å². The average molecular weight is 179 g/mol. The topological polar surface area (TPSA) is 57.8 Å². The van der Waals surface area contributed by atoms with Gasteiger partial charge in [-0.2, -0.15) is 5.10 Å². The van der Waals surface area contributed by atoms with Gasteiger partial charge in [-0.1, -0.05) is 13.8 Å². The maximum Gasteiger partial charge on any atom is 0.254 e. The van der Waals surface area contributed by atoms with E-state index in [0.717, 1.165) is 6.42 Å². The molecule has 1 saturated carbocycles. The molecule has 1 unspecified atom stereocenters. The molecule has 0 saturated heterocycles. The van der Waals surface area contributed by atoms with Gasteiger partial charge in [-0.15, -0.1) is 0 Å². The number of nitrogens with zero attached hydrogens (tertiary/aromatic N) is 1. The summed E-state index contributed by atoms with van der Waals surface area (Å²) in [7, 11) is 0. The molecule has 0 aromatic carbocycles. The van der Waals surface area contributed by atoms with Gasteiger partial charge in [-0.05, 0) is 11.8 Å². The summed E-state index contributed by atoms with van der Waals surface area (Å²) in [6, 6.07) is 0.329. The standard InChI is InChI=1S/C9H13N3O/c1-9(2)3-7(9)12-8(13)6-4-10-11-5-6/h4-5,7H,3H2,1-2H3,(H,10,11)(H,12,13). The molecule has 1 amide bonds. The first-order valence-corrected chi connectivity index (χ1v) is 4.39. The minimum absolute atomic E-state index is 0.0377. The molecular formula is C9H13N3O. The molecule has 4 nitrogen and oxygen atoms in total. The normalized spacial score (nSPS) is 24.0. The van der Waals surface area contributed by atoms with E-state index in [9.17, 15) is 4.79 Å². The van der Waals surface area contributed by atoms with Crippen LogP contribution < -0.4 is 5.32 Å². The van der Waals surface area contributed by atoms with Gasteiger partial charge < -0.3 is 5.32 Å². The lowest BCUT2D eigenvalue weighted by atomic mass is 10.2. The number of carbonyl (C=O) groups is 1. The molecule has 1 aliphatic rings. The van der Waals surface area contributed by atoms with Crippen LogP contribution in [0, 0.1) is 5.41 Å². The zero-order valence-corrected chi connectivity index (χ0v) is 7.79. The van der Waals surface area contributed by atoms with Gasteiger partial charge in [0.05, 0.1) is 11.8 Å². The molecular weight excluding hydrogens is 166 g/mol. The van der Waals surface area contributed by atoms with Gasteiger partial charge in [0.2, 0.25) is 0 Å². The van der Waals surface area contributed by atoms with Crippen LogP contribution in [0.2, 0.25) is 0 Å². The van der Waals surface area contributed by atoms with Gasteiger partial charge in [0, 0.05) is 12.2 Å². The highest BCUT2D eigenvalue weighted by Gasteiger charge is 2.46. The van der Waals surface area contributed by atoms with Crippen molar-refractivity contribution in [1.29, 1.82) is 0 Å². The predicted octanol–water partition coefficient (Wildman–Crippen LogP) is 0.938. The van der Waals surface area contributed by atoms with Crippen LogP contribution in [0.3, 0.4) is 0 Å². The van der Waals surface area contributed by atoms with Crippen LogP contribution in [0.4, 0.5) is 0 Å². The third kappa shape index (κ3) is 1.56. The summed E-state index contributed by atoms with van der Waals surface area (Å²) in [4.78, 5) is 11.5. The quantitative estimate of drug-likeness (QED) is 0.709. The van der Waals surface area contributed by atoms with Crippen molar-refractivity contribution in [2.75, 3.05) is 0 Å². The van der Waals surface area contributed by atoms with E-state index in [4.69, 9.17) is 0 Å². The molecule has 1 aliphatic carbocycles. The SMILES string of the molecule is CC1(C)CC1NC(=O)c1cn[nH]c1. The molecule has 13 heavy (non-hydrogen) atoms. The molecule has 70 valence electrons. The maximum atomic E-state index is 11.5. The van der Waals surface area contributed by atoms with Crippen LogP contribution in [0.15, 0.2) is 12.4 Å². The third-order valence-corrected chi connectivity index (χ3v) is 2.58. The van der Waals surface area contributed by atoms with Crippen molar-refractivity contribution < 1.29 is 4.79 Å². The largest absolute Gasteiger partial charge is 0.349 e. The lowest BCUT2D eigenvalue weighted by molar-refractivity contribution is 0.0946. The molecule has 2 rings (SSSR count). The summed E-state index contributed by atoms with van der Waals surface area (Å²) in [5.74, 6) is -0.0377. The van der Waals surface area contributed by atoms with E-state index >= 15 is 0 Å². The van der Waals surface area contributed by atoms with E-state index in [1.54, 1.807) is 6.20 Å². The number of nitrogens with one attached hydrogen (secondary N) is 2. The molecule has 1 atom stereocenters. The maximum absolute atomic E-state index is 11.5. The Hall–Kier alpha value is -1.32. The van der Waals surface area contributed by atoms with Crippen LogP contribution in [0.5, 0.6) is 0 Å². The molecule has 2 N–H and O–H groups in total. The monoisotopic (exact) mass is 179 g/mol. The molecule has 1 aromatic heterocycles. The number of amides is 1. The Labute approximate surface area is 76.7 Å². The number of hydrogen-bond donors (Lipinski definition) is 2. The first-order valence-electron chi connectivity index (χ1n) is 4.39. The highest BCUT2D eigenvalue weighted by atomic mass is 16.1. The van der Waals surface area contributed by atoms with Crippen molar-refractivity contribution in [1.82, 2.24) is 15.5 Å². The number of carbonyl (C=O) groups excluding carboxylic acids is 1. The molecule has 0 bridgehead atoms. The Bertz CT molecular complexity index is 316. The van der Waals surface area contributed by atoms with Crippen LogP contribution in [-0.2, 0) is 0 Å². The molecule has 1 fully saturated rings. The number of rotatable bonds is 2. The summed E-state index contributed by atoms with van der Waals surface area (Å²) >= 11 is 0. The number of aromatic nitrogens is 2. The Morgan fingerprint density at radius 2 is 2.46 bits per heavy atom. The number of hydrogen-bond acceptors (Lipinski definition) is 2. The van der Waals surface area contributed by atoms with Gasteiger partial charge in [0.25, 0.3) is 5.91 Å². The van der Waals surface area contributed by atoms with Crippen molar-refractivity contribution >= 4 is 5.91 Å². The fourth-order valence-corrected chi connectivity index (χ4v) is 1.33. The van der Waals surface area contributed by atoms with Crippen molar-refractivity contribution in [3.63, 3.8) is 0 Å². The van der Waals surface area contributed by atoms with Crippen molar-refractivity contribution in [3.05, 3.63) is 18.0 Å². The number of H-pyrrole nitrogens is 1. The summed E-state index contributed by atoms with van der Waals surface area (Å²) in [6.07, 6.45) is 4.20. The molecule has 0 aliphatic heterocycles. The Morgan fingerprint density at radius 1 is 1.77 bits per heavy atom. The van der Waals surface area contributed by atoms with Crippen molar-refractivity contribution in [2.45, 2.75) is 26.3 Å². The summed E-state index contributed by atoms with van der Waals surface area (Å²) in [5, 5.41) is 9.28. The average Bonchev–Trinajstić information content (AvgIpc) is 2.58. The van der Waals surface area contributed by atoms with E-state index in [0.29, 0.717) is 11.6 Å². The van der Waals surface area contributed by atoms with E-state index in [1.807, 2.05) is 0 Å². The lowest BCUT2D eigenvalue weighted by Crippen LogP contribution is -2.27. The van der Waals surface area contributed by atoms with E-state index in [2.05, 4.69) is 29.4 Å². The first kappa shape index (κ1) is 8.29. The third-order valence-electron chi connectivity index (χ3n) is 2.58. The highest BCUT2D eigenvalue weighted by Crippen LogP contribution is 2.44. The minimum Gasteiger partial charge on any atom is -0.349 e. The van der Waals surface area contributed by atoms with Gasteiger partial charge in [0.15, 0.2) is 0 Å². The first-order chi connectivity index (χ1) is 6.09. The highest BCUT2D eigenvalue weighted by molar-refractivity contribution is 5.94. The molecule has 0 radical (unpaired) electrons. The second-order valence-electron chi connectivity index (χ2n) is 4.21. The molecule has 0 spiro atoms. The smallest absolute Gasteiger partial charge is 0.254 e.